The minimum absolute atomic E-state index is 0.00995. The number of esters is 1. The highest BCUT2D eigenvalue weighted by Crippen LogP contribution is 2.22. The number of hydrogen-bond acceptors (Lipinski definition) is 3. The third-order valence-corrected chi connectivity index (χ3v) is 2.09. The Balaban J connectivity index is 2.46. The average molecular weight is 184 g/mol. The Hall–Kier alpha value is -0.830. The molecule has 74 valence electrons. The summed E-state index contributed by atoms with van der Waals surface area (Å²) < 4.78 is 10.7. The van der Waals surface area contributed by atoms with Gasteiger partial charge in [-0.25, -0.2) is 0 Å². The van der Waals surface area contributed by atoms with Crippen molar-refractivity contribution in [1.29, 1.82) is 0 Å². The molecule has 0 bridgehead atoms. The van der Waals surface area contributed by atoms with Gasteiger partial charge in [-0.3, -0.25) is 4.79 Å². The number of carbonyl (C=O) groups is 1. The fraction of sp³-hybridized carbons (Fsp3) is 0.700. The highest BCUT2D eigenvalue weighted by Gasteiger charge is 2.27. The van der Waals surface area contributed by atoms with Gasteiger partial charge in [-0.1, -0.05) is 6.08 Å². The van der Waals surface area contributed by atoms with Crippen molar-refractivity contribution in [1.82, 2.24) is 0 Å². The van der Waals surface area contributed by atoms with Crippen LogP contribution in [0, 0.1) is 0 Å². The van der Waals surface area contributed by atoms with Crippen LogP contribution in [0.15, 0.2) is 12.7 Å². The van der Waals surface area contributed by atoms with E-state index in [1.54, 1.807) is 6.08 Å². The highest BCUT2D eigenvalue weighted by atomic mass is 16.6. The van der Waals surface area contributed by atoms with Crippen molar-refractivity contribution in [3.05, 3.63) is 12.7 Å². The van der Waals surface area contributed by atoms with E-state index in [2.05, 4.69) is 6.58 Å². The van der Waals surface area contributed by atoms with Crippen LogP contribution in [-0.4, -0.2) is 24.3 Å². The molecule has 3 heteroatoms. The van der Waals surface area contributed by atoms with Crippen molar-refractivity contribution in [2.24, 2.45) is 0 Å². The zero-order valence-corrected chi connectivity index (χ0v) is 8.16. The monoisotopic (exact) mass is 184 g/mol. The van der Waals surface area contributed by atoms with Crippen LogP contribution in [0.4, 0.5) is 0 Å². The quantitative estimate of drug-likeness (QED) is 0.483. The summed E-state index contributed by atoms with van der Waals surface area (Å²) in [7, 11) is 0. The van der Waals surface area contributed by atoms with Gasteiger partial charge in [0.25, 0.3) is 0 Å². The average Bonchev–Trinajstić information content (AvgIpc) is 2.01. The van der Waals surface area contributed by atoms with E-state index in [1.165, 1.54) is 6.92 Å². The first-order valence-corrected chi connectivity index (χ1v) is 4.57. The molecular formula is C10H16O3. The van der Waals surface area contributed by atoms with Crippen LogP contribution in [0.3, 0.4) is 0 Å². The second-order valence-electron chi connectivity index (χ2n) is 3.42. The molecule has 0 N–H and O–H groups in total. The minimum Gasteiger partial charge on any atom is -0.462 e. The van der Waals surface area contributed by atoms with E-state index in [0.29, 0.717) is 0 Å². The standard InChI is InChI=1S/C10H16O3/c1-4-9-6-10(13-8(3)11)5-7(2)12-9/h4,7,9-10H,1,5-6H2,2-3H3/t7-,9+,10+/m1/s1. The highest BCUT2D eigenvalue weighted by molar-refractivity contribution is 5.66. The fourth-order valence-electron chi connectivity index (χ4n) is 1.62. The summed E-state index contributed by atoms with van der Waals surface area (Å²) in [6.07, 6.45) is 3.42. The zero-order valence-electron chi connectivity index (χ0n) is 8.16. The van der Waals surface area contributed by atoms with Crippen molar-refractivity contribution in [2.75, 3.05) is 0 Å². The first kappa shape index (κ1) is 10.3. The number of hydrogen-bond donors (Lipinski definition) is 0. The van der Waals surface area contributed by atoms with Crippen LogP contribution in [0.2, 0.25) is 0 Å². The van der Waals surface area contributed by atoms with Gasteiger partial charge in [-0.2, -0.15) is 0 Å². The first-order chi connectivity index (χ1) is 6.11. The van der Waals surface area contributed by atoms with E-state index < -0.39 is 0 Å². The van der Waals surface area contributed by atoms with E-state index in [1.807, 2.05) is 6.92 Å². The van der Waals surface area contributed by atoms with Gasteiger partial charge in [-0.15, -0.1) is 6.58 Å². The number of carbonyl (C=O) groups excluding carboxylic acids is 1. The molecule has 0 aliphatic carbocycles. The molecule has 0 aromatic heterocycles. The van der Waals surface area contributed by atoms with Crippen molar-refractivity contribution in [2.45, 2.75) is 45.0 Å². The van der Waals surface area contributed by atoms with Crippen LogP contribution in [0.25, 0.3) is 0 Å². The Morgan fingerprint density at radius 1 is 1.62 bits per heavy atom. The molecule has 13 heavy (non-hydrogen) atoms. The Morgan fingerprint density at radius 3 is 2.85 bits per heavy atom. The molecule has 0 saturated carbocycles. The summed E-state index contributed by atoms with van der Waals surface area (Å²) in [5.41, 5.74) is 0. The molecule has 0 radical (unpaired) electrons. The van der Waals surface area contributed by atoms with Gasteiger partial charge in [0.1, 0.15) is 6.10 Å². The molecule has 3 nitrogen and oxygen atoms in total. The van der Waals surface area contributed by atoms with Crippen molar-refractivity contribution in [3.8, 4) is 0 Å². The van der Waals surface area contributed by atoms with Crippen molar-refractivity contribution >= 4 is 5.97 Å². The molecule has 1 aliphatic heterocycles. The predicted molar refractivity (Wildman–Crippen MR) is 49.3 cm³/mol. The molecule has 1 rings (SSSR count). The Morgan fingerprint density at radius 2 is 2.31 bits per heavy atom. The van der Waals surface area contributed by atoms with E-state index in [9.17, 15) is 4.79 Å². The van der Waals surface area contributed by atoms with Crippen LogP contribution in [0.1, 0.15) is 26.7 Å². The first-order valence-electron chi connectivity index (χ1n) is 4.57. The lowest BCUT2D eigenvalue weighted by atomic mass is 10.0. The topological polar surface area (TPSA) is 35.5 Å². The minimum atomic E-state index is -0.220. The summed E-state index contributed by atoms with van der Waals surface area (Å²) in [5, 5.41) is 0. The van der Waals surface area contributed by atoms with Gasteiger partial charge in [-0.05, 0) is 6.92 Å². The second kappa shape index (κ2) is 4.42. The van der Waals surface area contributed by atoms with Gasteiger partial charge in [0.2, 0.25) is 0 Å². The molecule has 0 unspecified atom stereocenters. The molecule has 3 atom stereocenters. The summed E-state index contributed by atoms with van der Waals surface area (Å²) >= 11 is 0. The number of ether oxygens (including phenoxy) is 2. The van der Waals surface area contributed by atoms with Gasteiger partial charge in [0.15, 0.2) is 0 Å². The van der Waals surface area contributed by atoms with E-state index in [4.69, 9.17) is 9.47 Å². The maximum atomic E-state index is 10.7. The molecule has 1 saturated heterocycles. The molecule has 0 amide bonds. The van der Waals surface area contributed by atoms with Gasteiger partial charge >= 0.3 is 5.97 Å². The smallest absolute Gasteiger partial charge is 0.302 e. The van der Waals surface area contributed by atoms with Crippen LogP contribution >= 0.6 is 0 Å². The van der Waals surface area contributed by atoms with E-state index in [-0.39, 0.29) is 24.3 Å². The lowest BCUT2D eigenvalue weighted by molar-refractivity contribution is -0.155. The lowest BCUT2D eigenvalue weighted by Crippen LogP contribution is -2.35. The normalized spacial score (nSPS) is 33.8. The maximum absolute atomic E-state index is 10.7. The largest absolute Gasteiger partial charge is 0.462 e. The maximum Gasteiger partial charge on any atom is 0.302 e. The summed E-state index contributed by atoms with van der Waals surface area (Å²) in [6.45, 7) is 7.08. The summed E-state index contributed by atoms with van der Waals surface area (Å²) in [6, 6.07) is 0. The third-order valence-electron chi connectivity index (χ3n) is 2.09. The van der Waals surface area contributed by atoms with Gasteiger partial charge in [0.05, 0.1) is 12.2 Å². The Kier molecular flexibility index (Phi) is 3.48. The second-order valence-corrected chi connectivity index (χ2v) is 3.42. The molecule has 0 aromatic carbocycles. The van der Waals surface area contributed by atoms with Crippen LogP contribution < -0.4 is 0 Å². The van der Waals surface area contributed by atoms with Crippen LogP contribution in [0.5, 0.6) is 0 Å². The summed E-state index contributed by atoms with van der Waals surface area (Å²) in [5.74, 6) is -0.220. The molecule has 1 fully saturated rings. The van der Waals surface area contributed by atoms with Crippen molar-refractivity contribution in [3.63, 3.8) is 0 Å². The van der Waals surface area contributed by atoms with Crippen molar-refractivity contribution < 1.29 is 14.3 Å². The van der Waals surface area contributed by atoms with Crippen LogP contribution in [-0.2, 0) is 14.3 Å². The zero-order chi connectivity index (χ0) is 9.84. The number of rotatable bonds is 2. The predicted octanol–water partition coefficient (Wildman–Crippen LogP) is 1.67. The molecule has 0 aromatic rings. The Bertz CT molecular complexity index is 200. The fourth-order valence-corrected chi connectivity index (χ4v) is 1.62. The third kappa shape index (κ3) is 3.19. The Labute approximate surface area is 78.7 Å². The summed E-state index contributed by atoms with van der Waals surface area (Å²) in [4.78, 5) is 10.7. The molecule has 1 aliphatic rings. The van der Waals surface area contributed by atoms with Gasteiger partial charge in [0, 0.05) is 19.8 Å². The van der Waals surface area contributed by atoms with E-state index in [0.717, 1.165) is 12.8 Å². The SMILES string of the molecule is C=C[C@H]1C[C@@H](OC(C)=O)C[C@@H](C)O1. The molecular weight excluding hydrogens is 168 g/mol. The molecule has 1 heterocycles. The van der Waals surface area contributed by atoms with Gasteiger partial charge < -0.3 is 9.47 Å². The van der Waals surface area contributed by atoms with E-state index >= 15 is 0 Å². The molecule has 0 spiro atoms. The lowest BCUT2D eigenvalue weighted by Gasteiger charge is -2.31.